The number of nitrogens with zero attached hydrogens (tertiary/aromatic N) is 3. The number of halogens is 4. The first kappa shape index (κ1) is 23.4. The van der Waals surface area contributed by atoms with Crippen molar-refractivity contribution in [1.29, 1.82) is 5.26 Å². The van der Waals surface area contributed by atoms with Crippen LogP contribution in [0, 0.1) is 17.1 Å². The number of rotatable bonds is 5. The minimum atomic E-state index is -4.85. The lowest BCUT2D eigenvalue weighted by Gasteiger charge is -2.10. The van der Waals surface area contributed by atoms with E-state index in [9.17, 15) is 27.2 Å². The van der Waals surface area contributed by atoms with Crippen molar-refractivity contribution in [3.63, 3.8) is 0 Å². The molecule has 0 aliphatic heterocycles. The van der Waals surface area contributed by atoms with E-state index in [1.807, 2.05) is 6.07 Å². The van der Waals surface area contributed by atoms with E-state index in [4.69, 9.17) is 5.26 Å². The second-order valence-electron chi connectivity index (χ2n) is 7.36. The molecule has 1 amide bonds. The molecule has 1 N–H and O–H groups in total. The maximum absolute atomic E-state index is 14.2. The molecule has 1 heterocycles. The maximum atomic E-state index is 14.2. The molecule has 35 heavy (non-hydrogen) atoms. The van der Waals surface area contributed by atoms with Gasteiger partial charge in [-0.15, -0.1) is 0 Å². The third kappa shape index (κ3) is 5.09. The number of benzene rings is 3. The number of nitrogens with one attached hydrogen (secondary N) is 1. The van der Waals surface area contributed by atoms with Gasteiger partial charge in [-0.1, -0.05) is 36.4 Å². The summed E-state index contributed by atoms with van der Waals surface area (Å²) in [6.07, 6.45) is -4.85. The highest BCUT2D eigenvalue weighted by Gasteiger charge is 2.36. The molecule has 0 aliphatic rings. The molecule has 4 aromatic rings. The zero-order chi connectivity index (χ0) is 25.2. The fraction of sp³-hybridized carbons (Fsp3) is 0.0400. The second kappa shape index (κ2) is 9.23. The number of hydrogen-bond donors (Lipinski definition) is 1. The van der Waals surface area contributed by atoms with Crippen LogP contribution in [0.2, 0.25) is 0 Å². The lowest BCUT2D eigenvalue weighted by Crippen LogP contribution is -2.17. The van der Waals surface area contributed by atoms with Crippen molar-refractivity contribution in [3.8, 4) is 11.8 Å². The number of hydrogen-bond acceptors (Lipinski definition) is 4. The van der Waals surface area contributed by atoms with Crippen molar-refractivity contribution in [2.45, 2.75) is 6.18 Å². The Balaban J connectivity index is 1.71. The minimum absolute atomic E-state index is 0.0453. The van der Waals surface area contributed by atoms with E-state index in [2.05, 4.69) is 10.4 Å². The summed E-state index contributed by atoms with van der Waals surface area (Å²) in [4.78, 5) is 25.6. The first-order valence-corrected chi connectivity index (χ1v) is 10.1. The summed E-state index contributed by atoms with van der Waals surface area (Å²) in [5.41, 5.74) is -1.55. The Kier molecular flexibility index (Phi) is 6.16. The summed E-state index contributed by atoms with van der Waals surface area (Å²) in [7, 11) is 0. The van der Waals surface area contributed by atoms with Crippen LogP contribution >= 0.6 is 0 Å². The number of ketones is 1. The Bertz CT molecular complexity index is 1470. The minimum Gasteiger partial charge on any atom is -0.321 e. The first-order valence-electron chi connectivity index (χ1n) is 10.1. The van der Waals surface area contributed by atoms with Crippen LogP contribution in [0.15, 0.2) is 78.9 Å². The zero-order valence-corrected chi connectivity index (χ0v) is 17.7. The van der Waals surface area contributed by atoms with Gasteiger partial charge >= 0.3 is 6.18 Å². The Morgan fingerprint density at radius 1 is 0.914 bits per heavy atom. The fourth-order valence-corrected chi connectivity index (χ4v) is 3.33. The number of nitriles is 1. The molecule has 0 fully saturated rings. The van der Waals surface area contributed by atoms with Crippen LogP contribution in [0.1, 0.15) is 37.7 Å². The van der Waals surface area contributed by atoms with Gasteiger partial charge in [-0.3, -0.25) is 9.59 Å². The van der Waals surface area contributed by atoms with Gasteiger partial charge in [-0.05, 0) is 36.4 Å². The van der Waals surface area contributed by atoms with Gasteiger partial charge in [0.2, 0.25) is 0 Å². The molecule has 0 bridgehead atoms. The molecule has 10 heteroatoms. The Morgan fingerprint density at radius 2 is 1.66 bits per heavy atom. The number of carbonyl (C=O) groups is 2. The van der Waals surface area contributed by atoms with Gasteiger partial charge < -0.3 is 5.32 Å². The normalized spacial score (nSPS) is 11.1. The monoisotopic (exact) mass is 478 g/mol. The van der Waals surface area contributed by atoms with Gasteiger partial charge in [0, 0.05) is 22.9 Å². The highest BCUT2D eigenvalue weighted by atomic mass is 19.4. The van der Waals surface area contributed by atoms with Crippen LogP contribution in [0.25, 0.3) is 5.69 Å². The van der Waals surface area contributed by atoms with E-state index in [1.165, 1.54) is 42.5 Å². The van der Waals surface area contributed by atoms with Gasteiger partial charge in [0.1, 0.15) is 11.5 Å². The predicted octanol–water partition coefficient (Wildman–Crippen LogP) is 5.39. The maximum Gasteiger partial charge on any atom is 0.435 e. The molecule has 0 aliphatic carbocycles. The number of amides is 1. The Morgan fingerprint density at radius 3 is 2.34 bits per heavy atom. The van der Waals surface area contributed by atoms with Gasteiger partial charge in [0.15, 0.2) is 11.5 Å². The van der Waals surface area contributed by atoms with Gasteiger partial charge in [0.05, 0.1) is 17.3 Å². The molecule has 0 saturated heterocycles. The van der Waals surface area contributed by atoms with Crippen LogP contribution in [0.4, 0.5) is 23.2 Å². The van der Waals surface area contributed by atoms with Gasteiger partial charge in [-0.2, -0.15) is 23.5 Å². The van der Waals surface area contributed by atoms with E-state index in [0.717, 1.165) is 16.8 Å². The van der Waals surface area contributed by atoms with Gasteiger partial charge in [0.25, 0.3) is 5.91 Å². The van der Waals surface area contributed by atoms with Crippen LogP contribution < -0.4 is 5.32 Å². The average Bonchev–Trinajstić information content (AvgIpc) is 3.30. The van der Waals surface area contributed by atoms with Crippen LogP contribution in [0.5, 0.6) is 0 Å². The number of alkyl halides is 3. The summed E-state index contributed by atoms with van der Waals surface area (Å²) < 4.78 is 55.0. The first-order chi connectivity index (χ1) is 16.7. The molecule has 3 aromatic carbocycles. The summed E-state index contributed by atoms with van der Waals surface area (Å²) in [6, 6.07) is 19.1. The van der Waals surface area contributed by atoms with Crippen molar-refractivity contribution in [3.05, 3.63) is 113 Å². The molecule has 0 radical (unpaired) electrons. The van der Waals surface area contributed by atoms with E-state index in [-0.39, 0.29) is 22.5 Å². The SMILES string of the molecule is N#Cc1cccc(-n2nc(C(F)(F)F)cc2C(=O)Nc2cc(F)cc(C(=O)c3ccccc3)c2)c1. The molecule has 0 spiro atoms. The van der Waals surface area contributed by atoms with Crippen molar-refractivity contribution in [2.75, 3.05) is 5.32 Å². The number of carbonyl (C=O) groups excluding carboxylic acids is 2. The summed E-state index contributed by atoms with van der Waals surface area (Å²) in [5.74, 6) is -2.36. The van der Waals surface area contributed by atoms with Crippen molar-refractivity contribution in [2.24, 2.45) is 0 Å². The summed E-state index contributed by atoms with van der Waals surface area (Å²) in [6.45, 7) is 0. The number of anilines is 1. The molecular weight excluding hydrogens is 464 g/mol. The smallest absolute Gasteiger partial charge is 0.321 e. The zero-order valence-electron chi connectivity index (χ0n) is 17.7. The molecule has 4 rings (SSSR count). The highest BCUT2D eigenvalue weighted by Crippen LogP contribution is 2.30. The molecule has 174 valence electrons. The largest absolute Gasteiger partial charge is 0.435 e. The topological polar surface area (TPSA) is 87.8 Å². The van der Waals surface area contributed by atoms with Crippen molar-refractivity contribution in [1.82, 2.24) is 9.78 Å². The Hall–Kier alpha value is -4.78. The molecule has 0 unspecified atom stereocenters. The third-order valence-electron chi connectivity index (χ3n) is 4.91. The lowest BCUT2D eigenvalue weighted by atomic mass is 10.0. The van der Waals surface area contributed by atoms with E-state index in [0.29, 0.717) is 11.6 Å². The molecular formula is C25H14F4N4O2. The van der Waals surface area contributed by atoms with Crippen LogP contribution in [-0.4, -0.2) is 21.5 Å². The summed E-state index contributed by atoms with van der Waals surface area (Å²) >= 11 is 0. The van der Waals surface area contributed by atoms with E-state index in [1.54, 1.807) is 18.2 Å². The molecule has 6 nitrogen and oxygen atoms in total. The third-order valence-corrected chi connectivity index (χ3v) is 4.91. The predicted molar refractivity (Wildman–Crippen MR) is 118 cm³/mol. The highest BCUT2D eigenvalue weighted by molar-refractivity contribution is 6.10. The van der Waals surface area contributed by atoms with Gasteiger partial charge in [-0.25, -0.2) is 9.07 Å². The molecule has 1 aromatic heterocycles. The molecule has 0 atom stereocenters. The number of aromatic nitrogens is 2. The Labute approximate surface area is 196 Å². The van der Waals surface area contributed by atoms with Crippen molar-refractivity contribution < 1.29 is 27.2 Å². The second-order valence-corrected chi connectivity index (χ2v) is 7.36. The summed E-state index contributed by atoms with van der Waals surface area (Å²) in [5, 5.41) is 14.9. The quantitative estimate of drug-likeness (QED) is 0.308. The lowest BCUT2D eigenvalue weighted by molar-refractivity contribution is -0.141. The standard InChI is InChI=1S/C25H14F4N4O2/c26-18-10-17(23(34)16-6-2-1-3-7-16)11-19(12-18)31-24(35)21-13-22(25(27,28)29)32-33(21)20-8-4-5-15(9-20)14-30/h1-13H,(H,31,35). The van der Waals surface area contributed by atoms with Crippen LogP contribution in [0.3, 0.4) is 0 Å². The fourth-order valence-electron chi connectivity index (χ4n) is 3.33. The van der Waals surface area contributed by atoms with Crippen LogP contribution in [-0.2, 0) is 6.18 Å². The van der Waals surface area contributed by atoms with Crippen molar-refractivity contribution >= 4 is 17.4 Å². The van der Waals surface area contributed by atoms with E-state index < -0.39 is 35.1 Å². The average molecular weight is 478 g/mol. The van der Waals surface area contributed by atoms with E-state index >= 15 is 0 Å². The molecule has 0 saturated carbocycles.